The first-order valence-electron chi connectivity index (χ1n) is 9.35. The van der Waals surface area contributed by atoms with Gasteiger partial charge in [-0.25, -0.2) is 21.9 Å². The van der Waals surface area contributed by atoms with Crippen molar-refractivity contribution in [2.45, 2.75) is 45.4 Å². The summed E-state index contributed by atoms with van der Waals surface area (Å²) in [6, 6.07) is 9.17. The molecule has 0 unspecified atom stereocenters. The summed E-state index contributed by atoms with van der Waals surface area (Å²) in [6.45, 7) is 7.74. The lowest BCUT2D eigenvalue weighted by molar-refractivity contribution is -0.115. The third-order valence-electron chi connectivity index (χ3n) is 3.92. The maximum atomic E-state index is 12.8. The number of benzene rings is 2. The summed E-state index contributed by atoms with van der Waals surface area (Å²) >= 11 is 11.6. The standard InChI is InChI=1S/C12H12Cl2N2O3S.C10H12F2/c1-3-10(15-4-2)12(17)16-20(18,19)11-8(13)6-5-7-9(11)14;1-7-4-8(2)6-9(5-7)10(3,11)12/h3-7H,1-2H3,(H,16,17);4-6H,1-3H3/b10-3-,15-4?;. The van der Waals surface area contributed by atoms with Crippen LogP contribution in [0.5, 0.6) is 0 Å². The van der Waals surface area contributed by atoms with Crippen LogP contribution in [0.2, 0.25) is 10.0 Å². The van der Waals surface area contributed by atoms with E-state index in [-0.39, 0.29) is 26.2 Å². The molecule has 32 heavy (non-hydrogen) atoms. The molecule has 5 nitrogen and oxygen atoms in total. The number of alkyl halides is 2. The number of halogens is 4. The zero-order valence-corrected chi connectivity index (χ0v) is 20.5. The molecule has 0 heterocycles. The molecule has 2 aromatic carbocycles. The second-order valence-electron chi connectivity index (χ2n) is 6.81. The highest BCUT2D eigenvalue weighted by atomic mass is 35.5. The molecular weight excluding hydrogens is 481 g/mol. The number of nitrogens with one attached hydrogen (secondary N) is 1. The van der Waals surface area contributed by atoms with Crippen molar-refractivity contribution in [2.24, 2.45) is 4.99 Å². The summed E-state index contributed by atoms with van der Waals surface area (Å²) in [4.78, 5) is 15.2. The van der Waals surface area contributed by atoms with Crippen LogP contribution in [-0.2, 0) is 20.7 Å². The first-order chi connectivity index (χ1) is 14.7. The van der Waals surface area contributed by atoms with Crippen LogP contribution in [0.15, 0.2) is 58.1 Å². The van der Waals surface area contributed by atoms with Crippen LogP contribution in [0.1, 0.15) is 37.5 Å². The Hall–Kier alpha value is -2.29. The number of hydrogen-bond donors (Lipinski definition) is 1. The van der Waals surface area contributed by atoms with Gasteiger partial charge >= 0.3 is 0 Å². The van der Waals surface area contributed by atoms with Gasteiger partial charge in [0.15, 0.2) is 0 Å². The van der Waals surface area contributed by atoms with E-state index < -0.39 is 21.9 Å². The Labute approximate surface area is 197 Å². The fourth-order valence-corrected chi connectivity index (χ4v) is 4.70. The molecule has 2 rings (SSSR count). The van der Waals surface area contributed by atoms with Crippen molar-refractivity contribution >= 4 is 45.3 Å². The number of hydrogen-bond acceptors (Lipinski definition) is 4. The lowest BCUT2D eigenvalue weighted by atomic mass is 10.0. The summed E-state index contributed by atoms with van der Waals surface area (Å²) in [5, 5.41) is -0.141. The highest BCUT2D eigenvalue weighted by Gasteiger charge is 2.25. The van der Waals surface area contributed by atoms with Crippen molar-refractivity contribution in [3.8, 4) is 0 Å². The van der Waals surface area contributed by atoms with E-state index in [9.17, 15) is 22.0 Å². The van der Waals surface area contributed by atoms with E-state index in [1.54, 1.807) is 13.8 Å². The quantitative estimate of drug-likeness (QED) is 0.388. The molecule has 2 aromatic rings. The van der Waals surface area contributed by atoms with E-state index in [0.717, 1.165) is 18.1 Å². The van der Waals surface area contributed by atoms with Crippen LogP contribution < -0.4 is 4.72 Å². The van der Waals surface area contributed by atoms with Crippen molar-refractivity contribution in [1.82, 2.24) is 4.72 Å². The fraction of sp³-hybridized carbons (Fsp3) is 0.273. The van der Waals surface area contributed by atoms with Crippen LogP contribution in [0, 0.1) is 13.8 Å². The molecule has 0 aliphatic heterocycles. The average Bonchev–Trinajstić information content (AvgIpc) is 2.64. The second-order valence-corrected chi connectivity index (χ2v) is 9.25. The van der Waals surface area contributed by atoms with Gasteiger partial charge in [0.05, 0.1) is 10.0 Å². The Morgan fingerprint density at radius 2 is 1.56 bits per heavy atom. The lowest BCUT2D eigenvalue weighted by Gasteiger charge is -2.11. The second kappa shape index (κ2) is 11.5. The van der Waals surface area contributed by atoms with Gasteiger partial charge < -0.3 is 0 Å². The van der Waals surface area contributed by atoms with Crippen LogP contribution in [0.25, 0.3) is 0 Å². The molecule has 1 N–H and O–H groups in total. The highest BCUT2D eigenvalue weighted by Crippen LogP contribution is 2.29. The summed E-state index contributed by atoms with van der Waals surface area (Å²) in [5.41, 5.74) is 1.83. The zero-order valence-electron chi connectivity index (χ0n) is 18.2. The number of aliphatic imine (C=N–C) groups is 1. The van der Waals surface area contributed by atoms with E-state index in [2.05, 4.69) is 4.99 Å². The van der Waals surface area contributed by atoms with Gasteiger partial charge in [0, 0.05) is 18.7 Å². The Morgan fingerprint density at radius 1 is 1.06 bits per heavy atom. The number of carbonyl (C=O) groups is 1. The van der Waals surface area contributed by atoms with E-state index in [1.807, 2.05) is 24.6 Å². The number of aryl methyl sites for hydroxylation is 2. The molecule has 0 saturated heterocycles. The molecule has 0 atom stereocenters. The van der Waals surface area contributed by atoms with Crippen LogP contribution in [-0.4, -0.2) is 20.5 Å². The van der Waals surface area contributed by atoms with E-state index >= 15 is 0 Å². The predicted octanol–water partition coefficient (Wildman–Crippen LogP) is 6.21. The third-order valence-corrected chi connectivity index (χ3v) is 6.20. The maximum Gasteiger partial charge on any atom is 0.283 e. The minimum atomic E-state index is -4.17. The molecule has 10 heteroatoms. The number of nitrogens with zero attached hydrogens (tertiary/aromatic N) is 1. The van der Waals surface area contributed by atoms with Crippen LogP contribution >= 0.6 is 23.2 Å². The summed E-state index contributed by atoms with van der Waals surface area (Å²) < 4.78 is 51.8. The number of carbonyl (C=O) groups excluding carboxylic acids is 1. The van der Waals surface area contributed by atoms with Gasteiger partial charge in [-0.2, -0.15) is 0 Å². The normalized spacial score (nSPS) is 12.3. The molecule has 1 amide bonds. The van der Waals surface area contributed by atoms with Crippen molar-refractivity contribution < 1.29 is 22.0 Å². The van der Waals surface area contributed by atoms with Gasteiger partial charge in [-0.1, -0.05) is 64.7 Å². The first-order valence-corrected chi connectivity index (χ1v) is 11.6. The molecule has 0 spiro atoms. The van der Waals surface area contributed by atoms with Gasteiger partial charge in [-0.15, -0.1) is 0 Å². The largest absolute Gasteiger partial charge is 0.283 e. The molecular formula is C22H24Cl2F2N2O3S. The minimum absolute atomic E-state index is 0.0285. The van der Waals surface area contributed by atoms with E-state index in [4.69, 9.17) is 23.2 Å². The van der Waals surface area contributed by atoms with E-state index in [1.165, 1.54) is 42.6 Å². The third kappa shape index (κ3) is 8.00. The van der Waals surface area contributed by atoms with Crippen molar-refractivity contribution in [1.29, 1.82) is 0 Å². The van der Waals surface area contributed by atoms with Crippen molar-refractivity contribution in [3.63, 3.8) is 0 Å². The molecule has 0 aliphatic rings. The number of amides is 1. The fourth-order valence-electron chi connectivity index (χ4n) is 2.60. The number of sulfonamides is 1. The van der Waals surface area contributed by atoms with Gasteiger partial charge in [0.25, 0.3) is 21.9 Å². The lowest BCUT2D eigenvalue weighted by Crippen LogP contribution is -2.31. The Balaban J connectivity index is 0.000000363. The van der Waals surface area contributed by atoms with Crippen molar-refractivity contribution in [3.05, 3.63) is 74.9 Å². The van der Waals surface area contributed by atoms with Gasteiger partial charge in [-0.3, -0.25) is 9.79 Å². The topological polar surface area (TPSA) is 75.6 Å². The Morgan fingerprint density at radius 3 is 1.97 bits per heavy atom. The van der Waals surface area contributed by atoms with Crippen molar-refractivity contribution in [2.75, 3.05) is 0 Å². The highest BCUT2D eigenvalue weighted by molar-refractivity contribution is 7.90. The molecule has 0 aromatic heterocycles. The molecule has 0 bridgehead atoms. The molecule has 0 saturated carbocycles. The summed E-state index contributed by atoms with van der Waals surface area (Å²) in [7, 11) is -4.17. The van der Waals surface area contributed by atoms with Gasteiger partial charge in [0.1, 0.15) is 10.6 Å². The summed E-state index contributed by atoms with van der Waals surface area (Å²) in [5.74, 6) is -3.59. The van der Waals surface area contributed by atoms with Gasteiger partial charge in [-0.05, 0) is 39.8 Å². The average molecular weight is 505 g/mol. The maximum absolute atomic E-state index is 12.8. The van der Waals surface area contributed by atoms with Crippen LogP contribution in [0.3, 0.4) is 0 Å². The molecule has 0 radical (unpaired) electrons. The SMILES string of the molecule is CC=N/C(=C\C)C(=O)NS(=O)(=O)c1c(Cl)cccc1Cl.Cc1cc(C)cc(C(C)(F)F)c1. The van der Waals surface area contributed by atoms with Gasteiger partial charge in [0.2, 0.25) is 0 Å². The molecule has 0 aliphatic carbocycles. The van der Waals surface area contributed by atoms with E-state index in [0.29, 0.717) is 0 Å². The van der Waals surface area contributed by atoms with Crippen LogP contribution in [0.4, 0.5) is 8.78 Å². The Kier molecular flexibility index (Phi) is 10.0. The zero-order chi connectivity index (χ0) is 24.7. The smallest absolute Gasteiger partial charge is 0.266 e. The number of rotatable bonds is 5. The number of allylic oxidation sites excluding steroid dienone is 1. The minimum Gasteiger partial charge on any atom is -0.266 e. The Bertz CT molecular complexity index is 1100. The molecule has 0 fully saturated rings. The first kappa shape index (κ1) is 27.7. The monoisotopic (exact) mass is 504 g/mol. The molecule has 174 valence electrons. The predicted molar refractivity (Wildman–Crippen MR) is 125 cm³/mol. The summed E-state index contributed by atoms with van der Waals surface area (Å²) in [6.07, 6.45) is 2.77.